The number of aliphatic hydroxyl groups is 1. The van der Waals surface area contributed by atoms with Crippen molar-refractivity contribution in [3.63, 3.8) is 0 Å². The molecule has 3 N–H and O–H groups in total. The molecule has 0 aliphatic heterocycles. The maximum atomic E-state index is 13.0. The van der Waals surface area contributed by atoms with E-state index in [1.807, 2.05) is 0 Å². The van der Waals surface area contributed by atoms with Crippen LogP contribution in [0.25, 0.3) is 0 Å². The summed E-state index contributed by atoms with van der Waals surface area (Å²) in [4.78, 5) is 72.5. The van der Waals surface area contributed by atoms with E-state index in [0.717, 1.165) is 102 Å². The van der Waals surface area contributed by atoms with E-state index in [2.05, 4.69) is 41.5 Å². The van der Waals surface area contributed by atoms with Crippen molar-refractivity contribution in [2.45, 2.75) is 368 Å². The Morgan fingerprint density at radius 3 is 0.864 bits per heavy atom. The highest BCUT2D eigenvalue weighted by Gasteiger charge is 2.30. The smallest absolute Gasteiger partial charge is 0.462 e. The van der Waals surface area contributed by atoms with Crippen LogP contribution in [0.1, 0.15) is 350 Å². The van der Waals surface area contributed by atoms with Crippen molar-refractivity contribution in [2.24, 2.45) is 11.8 Å². The molecule has 0 bridgehead atoms. The van der Waals surface area contributed by atoms with Crippen LogP contribution >= 0.6 is 15.6 Å². The number of aliphatic hydroxyl groups excluding tert-OH is 1. The number of carbonyl (C=O) groups is 4. The lowest BCUT2D eigenvalue weighted by molar-refractivity contribution is -0.161. The van der Waals surface area contributed by atoms with E-state index in [1.165, 1.54) is 161 Å². The normalized spacial score (nSPS) is 14.5. The summed E-state index contributed by atoms with van der Waals surface area (Å²) < 4.78 is 68.2. The predicted octanol–water partition coefficient (Wildman–Crippen LogP) is 19.6. The average molecular weight is 1300 g/mol. The zero-order chi connectivity index (χ0) is 65.0. The van der Waals surface area contributed by atoms with Crippen LogP contribution < -0.4 is 0 Å². The van der Waals surface area contributed by atoms with Gasteiger partial charge in [-0.1, -0.05) is 298 Å². The Kier molecular flexibility index (Phi) is 59.9. The summed E-state index contributed by atoms with van der Waals surface area (Å²) in [5.74, 6) is -0.651. The van der Waals surface area contributed by atoms with Crippen LogP contribution in [0, 0.1) is 11.8 Å². The van der Waals surface area contributed by atoms with Crippen molar-refractivity contribution in [2.75, 3.05) is 39.6 Å². The number of hydrogen-bond donors (Lipinski definition) is 3. The molecule has 0 fully saturated rings. The molecular formula is C69H134O17P2. The van der Waals surface area contributed by atoms with Gasteiger partial charge in [0, 0.05) is 25.7 Å². The first-order valence-corrected chi connectivity index (χ1v) is 39.0. The van der Waals surface area contributed by atoms with Gasteiger partial charge in [0.2, 0.25) is 0 Å². The minimum Gasteiger partial charge on any atom is -0.462 e. The molecule has 0 spiro atoms. The highest BCUT2D eigenvalue weighted by Crippen LogP contribution is 2.45. The number of phosphoric acid groups is 2. The van der Waals surface area contributed by atoms with Crippen LogP contribution in [0.4, 0.5) is 0 Å². The highest BCUT2D eigenvalue weighted by molar-refractivity contribution is 7.47. The fourth-order valence-electron chi connectivity index (χ4n) is 10.4. The summed E-state index contributed by atoms with van der Waals surface area (Å²) in [7, 11) is -9.90. The fourth-order valence-corrected chi connectivity index (χ4v) is 12.0. The molecule has 0 aliphatic carbocycles. The zero-order valence-electron chi connectivity index (χ0n) is 57.0. The first-order chi connectivity index (χ1) is 42.4. The molecule has 0 aliphatic rings. The van der Waals surface area contributed by atoms with E-state index >= 15 is 0 Å². The minimum atomic E-state index is -4.95. The number of ether oxygens (including phenoxy) is 4. The lowest BCUT2D eigenvalue weighted by Crippen LogP contribution is -2.30. The number of unbranched alkanes of at least 4 members (excludes halogenated alkanes) is 37. The van der Waals surface area contributed by atoms with Gasteiger partial charge in [-0.2, -0.15) is 0 Å². The van der Waals surface area contributed by atoms with E-state index in [9.17, 15) is 43.2 Å². The quantitative estimate of drug-likeness (QED) is 0.0222. The van der Waals surface area contributed by atoms with E-state index < -0.39 is 97.5 Å². The maximum absolute atomic E-state index is 13.0. The largest absolute Gasteiger partial charge is 0.472 e. The van der Waals surface area contributed by atoms with Crippen LogP contribution in [0.15, 0.2) is 0 Å². The molecule has 0 heterocycles. The van der Waals surface area contributed by atoms with Gasteiger partial charge in [-0.25, -0.2) is 9.13 Å². The Morgan fingerprint density at radius 1 is 0.330 bits per heavy atom. The summed E-state index contributed by atoms with van der Waals surface area (Å²) in [6.07, 6.45) is 45.7. The molecule has 0 aromatic rings. The molecule has 19 heteroatoms. The molecule has 0 amide bonds. The lowest BCUT2D eigenvalue weighted by Gasteiger charge is -2.21. The average Bonchev–Trinajstić information content (AvgIpc) is 3.65. The standard InChI is InChI=1S/C69H134O17P2/c1-7-10-12-14-16-18-20-22-24-26-33-39-45-51-66(71)79-57-64(85-68(73)53-47-41-34-27-25-23-21-19-17-15-13-11-8-2)59-83-87(75,76)81-55-63(70)56-82-88(77,78)84-60-65(58-80-67(72)52-46-40-36-30-31-37-43-49-61(4)5)86-69(74)54-48-42-35-29-28-32-38-44-50-62(6)9-3/h61-65,70H,7-60H2,1-6H3,(H,75,76)(H,77,78)/t62?,63-,64-,65-/m1/s1. The predicted molar refractivity (Wildman–Crippen MR) is 354 cm³/mol. The molecule has 522 valence electrons. The third-order valence-electron chi connectivity index (χ3n) is 16.3. The van der Waals surface area contributed by atoms with E-state index in [4.69, 9.17) is 37.0 Å². The van der Waals surface area contributed by atoms with Gasteiger partial charge in [-0.3, -0.25) is 37.3 Å². The van der Waals surface area contributed by atoms with Crippen molar-refractivity contribution < 1.29 is 80.2 Å². The SMILES string of the molecule is CCCCCCCCCCCCCCCC(=O)OC[C@H](COP(=O)(O)OC[C@@H](O)COP(=O)(O)OC[C@@H](COC(=O)CCCCCCCCCC(C)C)OC(=O)CCCCCCCCCCC(C)CC)OC(=O)CCCCCCCCCCCCCCC. The number of rotatable bonds is 68. The molecule has 0 aromatic heterocycles. The number of hydrogen-bond acceptors (Lipinski definition) is 15. The minimum absolute atomic E-state index is 0.104. The molecule has 0 saturated heterocycles. The summed E-state index contributed by atoms with van der Waals surface area (Å²) in [5, 5.41) is 10.6. The third kappa shape index (κ3) is 61.6. The van der Waals surface area contributed by atoms with Gasteiger partial charge < -0.3 is 33.8 Å². The van der Waals surface area contributed by atoms with Crippen molar-refractivity contribution in [3.05, 3.63) is 0 Å². The molecular weight excluding hydrogens is 1160 g/mol. The van der Waals surface area contributed by atoms with Gasteiger partial charge in [0.1, 0.15) is 19.3 Å². The van der Waals surface area contributed by atoms with Gasteiger partial charge in [0.15, 0.2) is 12.2 Å². The van der Waals surface area contributed by atoms with Gasteiger partial charge in [-0.15, -0.1) is 0 Å². The third-order valence-corrected chi connectivity index (χ3v) is 18.2. The summed E-state index contributed by atoms with van der Waals surface area (Å²) >= 11 is 0. The van der Waals surface area contributed by atoms with Crippen molar-refractivity contribution in [1.82, 2.24) is 0 Å². The molecule has 17 nitrogen and oxygen atoms in total. The lowest BCUT2D eigenvalue weighted by atomic mass is 9.99. The highest BCUT2D eigenvalue weighted by atomic mass is 31.2. The Hall–Kier alpha value is -1.94. The summed E-state index contributed by atoms with van der Waals surface area (Å²) in [5.41, 5.74) is 0. The molecule has 0 saturated carbocycles. The molecule has 0 rings (SSSR count). The molecule has 3 unspecified atom stereocenters. The van der Waals surface area contributed by atoms with Crippen LogP contribution in [0.5, 0.6) is 0 Å². The molecule has 6 atom stereocenters. The van der Waals surface area contributed by atoms with E-state index in [1.54, 1.807) is 0 Å². The van der Waals surface area contributed by atoms with Crippen molar-refractivity contribution >= 4 is 39.5 Å². The van der Waals surface area contributed by atoms with E-state index in [-0.39, 0.29) is 25.7 Å². The first kappa shape index (κ1) is 86.1. The van der Waals surface area contributed by atoms with Crippen LogP contribution in [0.3, 0.4) is 0 Å². The number of phosphoric ester groups is 2. The van der Waals surface area contributed by atoms with Gasteiger partial charge >= 0.3 is 39.5 Å². The molecule has 0 radical (unpaired) electrons. The number of carbonyl (C=O) groups excluding carboxylic acids is 4. The second-order valence-corrected chi connectivity index (χ2v) is 28.5. The van der Waals surface area contributed by atoms with Crippen LogP contribution in [-0.4, -0.2) is 96.7 Å². The Balaban J connectivity index is 5.26. The molecule has 88 heavy (non-hydrogen) atoms. The Labute approximate surface area is 537 Å². The van der Waals surface area contributed by atoms with Gasteiger partial charge in [0.25, 0.3) is 0 Å². The first-order valence-electron chi connectivity index (χ1n) is 36.0. The van der Waals surface area contributed by atoms with Crippen molar-refractivity contribution in [3.8, 4) is 0 Å². The van der Waals surface area contributed by atoms with Gasteiger partial charge in [-0.05, 0) is 37.5 Å². The topological polar surface area (TPSA) is 237 Å². The summed E-state index contributed by atoms with van der Waals surface area (Å²) in [6, 6.07) is 0. The summed E-state index contributed by atoms with van der Waals surface area (Å²) in [6.45, 7) is 9.49. The zero-order valence-corrected chi connectivity index (χ0v) is 58.8. The Bertz CT molecular complexity index is 1720. The van der Waals surface area contributed by atoms with Crippen LogP contribution in [0.2, 0.25) is 0 Å². The molecule has 0 aromatic carbocycles. The fraction of sp³-hybridized carbons (Fsp3) is 0.942. The van der Waals surface area contributed by atoms with Crippen LogP contribution in [-0.2, 0) is 65.4 Å². The maximum Gasteiger partial charge on any atom is 0.472 e. The van der Waals surface area contributed by atoms with Gasteiger partial charge in [0.05, 0.1) is 26.4 Å². The second kappa shape index (κ2) is 61.3. The van der Waals surface area contributed by atoms with E-state index in [0.29, 0.717) is 31.6 Å². The number of esters is 4. The second-order valence-electron chi connectivity index (χ2n) is 25.6. The van der Waals surface area contributed by atoms with Crippen molar-refractivity contribution in [1.29, 1.82) is 0 Å². The monoisotopic (exact) mass is 1300 g/mol. The Morgan fingerprint density at radius 2 is 0.580 bits per heavy atom.